The van der Waals surface area contributed by atoms with Gasteiger partial charge in [0.15, 0.2) is 17.8 Å². The third-order valence-corrected chi connectivity index (χ3v) is 3.20. The van der Waals surface area contributed by atoms with E-state index in [2.05, 4.69) is 0 Å². The number of rotatable bonds is 2. The lowest BCUT2D eigenvalue weighted by atomic mass is 10.2. The van der Waals surface area contributed by atoms with Gasteiger partial charge in [0.05, 0.1) is 5.69 Å². The first-order valence-electron chi connectivity index (χ1n) is 7.69. The van der Waals surface area contributed by atoms with Gasteiger partial charge in [0, 0.05) is 16.8 Å². The number of phenols is 3. The first-order valence-corrected chi connectivity index (χ1v) is 7.69. The van der Waals surface area contributed by atoms with Crippen LogP contribution < -0.4 is 11.5 Å². The van der Waals surface area contributed by atoms with Gasteiger partial charge in [-0.3, -0.25) is 9.59 Å². The first kappa shape index (κ1) is 21.0. The summed E-state index contributed by atoms with van der Waals surface area (Å²) in [6.45, 7) is 0. The van der Waals surface area contributed by atoms with Crippen molar-refractivity contribution in [2.45, 2.75) is 0 Å². The van der Waals surface area contributed by atoms with E-state index in [1.807, 2.05) is 0 Å². The topological polar surface area (TPSA) is 147 Å². The summed E-state index contributed by atoms with van der Waals surface area (Å²) < 4.78 is 0. The van der Waals surface area contributed by atoms with Crippen molar-refractivity contribution in [2.75, 3.05) is 11.5 Å². The Labute approximate surface area is 156 Å². The number of carbonyl (C=O) groups is 2. The minimum absolute atomic E-state index is 0.146. The molecule has 0 heterocycles. The number of carbonyl (C=O) groups excluding carboxylic acids is 2. The van der Waals surface area contributed by atoms with Crippen molar-refractivity contribution in [3.63, 3.8) is 0 Å². The quantitative estimate of drug-likeness (QED) is 0.265. The number of para-hydroxylation sites is 3. The van der Waals surface area contributed by atoms with Gasteiger partial charge in [0.2, 0.25) is 0 Å². The molecule has 0 aromatic heterocycles. The minimum Gasteiger partial charge on any atom is -0.506 e. The lowest BCUT2D eigenvalue weighted by Crippen LogP contribution is -1.90. The molecule has 3 rings (SSSR count). The largest absolute Gasteiger partial charge is 0.506 e. The van der Waals surface area contributed by atoms with Gasteiger partial charge in [0.25, 0.3) is 0 Å². The SMILES string of the molecule is Nc1ccccc1C=O.Nc1ccccc1O.O=Cc1ccc(O)c(O)c1. The second kappa shape index (κ2) is 10.8. The molecule has 3 aromatic carbocycles. The van der Waals surface area contributed by atoms with E-state index in [-0.39, 0.29) is 17.2 Å². The van der Waals surface area contributed by atoms with Crippen molar-refractivity contribution >= 4 is 23.9 Å². The fraction of sp³-hybridized carbons (Fsp3) is 0. The normalized spacial score (nSPS) is 9.04. The molecule has 0 bridgehead atoms. The Balaban J connectivity index is 0.000000204. The van der Waals surface area contributed by atoms with E-state index >= 15 is 0 Å². The highest BCUT2D eigenvalue weighted by molar-refractivity contribution is 5.82. The maximum absolute atomic E-state index is 10.1. The Bertz CT molecular complexity index is 876. The van der Waals surface area contributed by atoms with E-state index in [9.17, 15) is 9.59 Å². The Morgan fingerprint density at radius 1 is 0.630 bits per heavy atom. The predicted molar refractivity (Wildman–Crippen MR) is 104 cm³/mol. The second-order valence-electron chi connectivity index (χ2n) is 5.17. The molecule has 0 unspecified atom stereocenters. The van der Waals surface area contributed by atoms with Crippen molar-refractivity contribution in [3.05, 3.63) is 77.9 Å². The summed E-state index contributed by atoms with van der Waals surface area (Å²) in [5, 5.41) is 26.4. The van der Waals surface area contributed by atoms with Crippen molar-refractivity contribution in [2.24, 2.45) is 0 Å². The van der Waals surface area contributed by atoms with Crippen LogP contribution in [0.2, 0.25) is 0 Å². The molecule has 0 aliphatic carbocycles. The molecule has 0 saturated carbocycles. The molecule has 0 fully saturated rings. The van der Waals surface area contributed by atoms with Crippen molar-refractivity contribution in [3.8, 4) is 17.2 Å². The molecule has 3 aromatic rings. The molecule has 0 aliphatic heterocycles. The molecule has 0 spiro atoms. The highest BCUT2D eigenvalue weighted by Gasteiger charge is 1.97. The number of nitrogens with two attached hydrogens (primary N) is 2. The average Bonchev–Trinajstić information content (AvgIpc) is 2.68. The monoisotopic (exact) mass is 368 g/mol. The number of anilines is 2. The van der Waals surface area contributed by atoms with Gasteiger partial charge in [-0.2, -0.15) is 0 Å². The summed E-state index contributed by atoms with van der Waals surface area (Å²) in [5.41, 5.74) is 12.5. The predicted octanol–water partition coefficient (Wildman–Crippen LogP) is 2.97. The molecule has 0 atom stereocenters. The molecule has 27 heavy (non-hydrogen) atoms. The fourth-order valence-corrected chi connectivity index (χ4v) is 1.72. The van der Waals surface area contributed by atoms with E-state index in [0.717, 1.165) is 6.29 Å². The fourth-order valence-electron chi connectivity index (χ4n) is 1.72. The van der Waals surface area contributed by atoms with Crippen LogP contribution in [0, 0.1) is 0 Å². The number of phenolic OH excluding ortho intramolecular Hbond substituents is 3. The summed E-state index contributed by atoms with van der Waals surface area (Å²) in [6.07, 6.45) is 1.34. The Hall–Kier alpha value is -4.00. The van der Waals surface area contributed by atoms with Gasteiger partial charge in [-0.25, -0.2) is 0 Å². The van der Waals surface area contributed by atoms with E-state index in [1.165, 1.54) is 18.2 Å². The third-order valence-electron chi connectivity index (χ3n) is 3.20. The third kappa shape index (κ3) is 7.18. The van der Waals surface area contributed by atoms with Gasteiger partial charge in [0.1, 0.15) is 12.0 Å². The molecule has 140 valence electrons. The number of aldehydes is 2. The molecule has 7 nitrogen and oxygen atoms in total. The highest BCUT2D eigenvalue weighted by atomic mass is 16.3. The van der Waals surface area contributed by atoms with Crippen LogP contribution in [0.4, 0.5) is 11.4 Å². The first-order chi connectivity index (χ1) is 12.9. The van der Waals surface area contributed by atoms with Crippen molar-refractivity contribution in [1.82, 2.24) is 0 Å². The Morgan fingerprint density at radius 3 is 1.63 bits per heavy atom. The summed E-state index contributed by atoms with van der Waals surface area (Å²) in [5.74, 6) is -0.345. The van der Waals surface area contributed by atoms with Crippen molar-refractivity contribution in [1.29, 1.82) is 0 Å². The molecular formula is C20H20N2O5. The molecular weight excluding hydrogens is 348 g/mol. The summed E-state index contributed by atoms with van der Waals surface area (Å²) in [7, 11) is 0. The van der Waals surface area contributed by atoms with Crippen LogP contribution in [0.1, 0.15) is 20.7 Å². The smallest absolute Gasteiger partial charge is 0.158 e. The van der Waals surface area contributed by atoms with Crippen LogP contribution in [-0.4, -0.2) is 27.9 Å². The van der Waals surface area contributed by atoms with Crippen LogP contribution in [0.15, 0.2) is 66.7 Å². The summed E-state index contributed by atoms with van der Waals surface area (Å²) in [4.78, 5) is 20.2. The Kier molecular flexibility index (Phi) is 8.40. The summed E-state index contributed by atoms with van der Waals surface area (Å²) >= 11 is 0. The second-order valence-corrected chi connectivity index (χ2v) is 5.17. The number of hydrogen-bond acceptors (Lipinski definition) is 7. The minimum atomic E-state index is -0.274. The number of nitrogen functional groups attached to an aromatic ring is 2. The molecule has 0 amide bonds. The van der Waals surface area contributed by atoms with E-state index in [1.54, 1.807) is 48.5 Å². The maximum atomic E-state index is 10.1. The number of aromatic hydroxyl groups is 3. The molecule has 7 heteroatoms. The molecule has 0 aliphatic rings. The van der Waals surface area contributed by atoms with E-state index in [0.29, 0.717) is 28.8 Å². The van der Waals surface area contributed by atoms with Crippen LogP contribution in [0.5, 0.6) is 17.2 Å². The van der Waals surface area contributed by atoms with Gasteiger partial charge in [-0.05, 0) is 42.5 Å². The number of hydrogen-bond donors (Lipinski definition) is 5. The zero-order valence-corrected chi connectivity index (χ0v) is 14.3. The van der Waals surface area contributed by atoms with Gasteiger partial charge in [-0.15, -0.1) is 0 Å². The molecule has 7 N–H and O–H groups in total. The molecule has 0 radical (unpaired) electrons. The van der Waals surface area contributed by atoms with E-state index < -0.39 is 0 Å². The number of benzene rings is 3. The lowest BCUT2D eigenvalue weighted by molar-refractivity contribution is 0.111. The summed E-state index contributed by atoms with van der Waals surface area (Å²) in [6, 6.07) is 17.5. The molecule has 0 saturated heterocycles. The van der Waals surface area contributed by atoms with Crippen LogP contribution in [0.25, 0.3) is 0 Å². The van der Waals surface area contributed by atoms with Gasteiger partial charge >= 0.3 is 0 Å². The highest BCUT2D eigenvalue weighted by Crippen LogP contribution is 2.23. The van der Waals surface area contributed by atoms with E-state index in [4.69, 9.17) is 26.8 Å². The van der Waals surface area contributed by atoms with Crippen molar-refractivity contribution < 1.29 is 24.9 Å². The zero-order valence-electron chi connectivity index (χ0n) is 14.3. The van der Waals surface area contributed by atoms with Gasteiger partial charge in [-0.1, -0.05) is 24.3 Å². The van der Waals surface area contributed by atoms with Crippen LogP contribution in [0.3, 0.4) is 0 Å². The maximum Gasteiger partial charge on any atom is 0.158 e. The van der Waals surface area contributed by atoms with Gasteiger partial charge < -0.3 is 26.8 Å². The lowest BCUT2D eigenvalue weighted by Gasteiger charge is -1.95. The Morgan fingerprint density at radius 2 is 1.22 bits per heavy atom. The van der Waals surface area contributed by atoms with Crippen LogP contribution in [-0.2, 0) is 0 Å². The standard InChI is InChI=1S/C7H7NO.C7H6O3.C6H7NO/c8-7-4-2-1-3-6(7)5-9;8-4-5-1-2-6(9)7(10)3-5;7-5-3-1-2-4-6(5)8/h1-5H,8H2;1-4,9-10H;1-4,8H,7H2. The van der Waals surface area contributed by atoms with Crippen LogP contribution >= 0.6 is 0 Å². The zero-order chi connectivity index (χ0) is 20.2. The average molecular weight is 368 g/mol.